The van der Waals surface area contributed by atoms with Crippen molar-refractivity contribution in [2.45, 2.75) is 0 Å². The second kappa shape index (κ2) is 7.78. The highest BCUT2D eigenvalue weighted by Gasteiger charge is 2.09. The van der Waals surface area contributed by atoms with Crippen LogP contribution in [0.3, 0.4) is 0 Å². The normalized spacial score (nSPS) is 9.72. The summed E-state index contributed by atoms with van der Waals surface area (Å²) in [6.45, 7) is 0. The Bertz CT molecular complexity index is 454. The summed E-state index contributed by atoms with van der Waals surface area (Å²) < 4.78 is 11.1. The Labute approximate surface area is 120 Å². The minimum absolute atomic E-state index is 0. The fraction of sp³-hybridized carbons (Fsp3) is 0.200. The van der Waals surface area contributed by atoms with E-state index in [0.29, 0.717) is 11.5 Å². The van der Waals surface area contributed by atoms with Gasteiger partial charge in [-0.05, 0) is 33.6 Å². The van der Waals surface area contributed by atoms with E-state index in [-0.39, 0.29) is 18.4 Å². The third-order valence-corrected chi connectivity index (χ3v) is 2.44. The van der Waals surface area contributed by atoms with Crippen molar-refractivity contribution in [2.24, 2.45) is 10.8 Å². The molecule has 0 heterocycles. The molecule has 1 aromatic carbocycles. The summed E-state index contributed by atoms with van der Waals surface area (Å²) in [5.74, 6) is 0.983. The number of hydrogen-bond donors (Lipinski definition) is 3. The Morgan fingerprint density at radius 2 is 2.11 bits per heavy atom. The van der Waals surface area contributed by atoms with E-state index in [2.05, 4.69) is 26.5 Å². The highest BCUT2D eigenvalue weighted by molar-refractivity contribution is 9.10. The van der Waals surface area contributed by atoms with Crippen LogP contribution in [0.15, 0.2) is 21.7 Å². The maximum atomic E-state index is 6.94. The molecule has 0 radical (unpaired) electrons. The van der Waals surface area contributed by atoms with Crippen molar-refractivity contribution >= 4 is 40.5 Å². The van der Waals surface area contributed by atoms with Crippen molar-refractivity contribution in [2.75, 3.05) is 14.2 Å². The summed E-state index contributed by atoms with van der Waals surface area (Å²) in [6, 6.07) is 3.57. The van der Waals surface area contributed by atoms with Crippen LogP contribution in [0.2, 0.25) is 0 Å². The molecule has 0 aliphatic heterocycles. The SMILES string of the molecule is COc1cc(/C=N/NC(=N)N)cc(Br)c1OC.Cl. The summed E-state index contributed by atoms with van der Waals surface area (Å²) >= 11 is 3.37. The van der Waals surface area contributed by atoms with Crippen LogP contribution in [0, 0.1) is 5.41 Å². The van der Waals surface area contributed by atoms with Gasteiger partial charge in [-0.3, -0.25) is 5.41 Å². The van der Waals surface area contributed by atoms with Crippen LogP contribution in [0.5, 0.6) is 11.5 Å². The molecule has 0 aliphatic carbocycles. The molecule has 0 spiro atoms. The predicted molar refractivity (Wildman–Crippen MR) is 77.1 cm³/mol. The topological polar surface area (TPSA) is 92.7 Å². The lowest BCUT2D eigenvalue weighted by Gasteiger charge is -2.10. The molecule has 0 saturated carbocycles. The van der Waals surface area contributed by atoms with Gasteiger partial charge in [0.25, 0.3) is 0 Å². The van der Waals surface area contributed by atoms with Crippen LogP contribution in [0.4, 0.5) is 0 Å². The molecule has 0 bridgehead atoms. The van der Waals surface area contributed by atoms with Gasteiger partial charge in [-0.25, -0.2) is 5.43 Å². The average Bonchev–Trinajstić information content (AvgIpc) is 2.27. The Hall–Kier alpha value is -1.47. The van der Waals surface area contributed by atoms with E-state index in [9.17, 15) is 0 Å². The third kappa shape index (κ3) is 4.42. The fourth-order valence-electron chi connectivity index (χ4n) is 1.19. The molecule has 100 valence electrons. The lowest BCUT2D eigenvalue weighted by Crippen LogP contribution is -2.25. The molecule has 0 saturated heterocycles. The van der Waals surface area contributed by atoms with Gasteiger partial charge in [-0.2, -0.15) is 5.10 Å². The zero-order valence-electron chi connectivity index (χ0n) is 9.86. The monoisotopic (exact) mass is 336 g/mol. The standard InChI is InChI=1S/C10H13BrN4O2.ClH/c1-16-8-4-6(5-14-15-10(12)13)3-7(11)9(8)17-2;/h3-5H,1-2H3,(H4,12,13,15);1H/b14-5+;. The van der Waals surface area contributed by atoms with Gasteiger partial charge in [0, 0.05) is 0 Å². The fourth-order valence-corrected chi connectivity index (χ4v) is 1.81. The predicted octanol–water partition coefficient (Wildman–Crippen LogP) is 1.71. The van der Waals surface area contributed by atoms with Gasteiger partial charge < -0.3 is 15.2 Å². The van der Waals surface area contributed by atoms with Crippen molar-refractivity contribution in [1.82, 2.24) is 5.43 Å². The third-order valence-electron chi connectivity index (χ3n) is 1.85. The van der Waals surface area contributed by atoms with Crippen molar-refractivity contribution in [3.8, 4) is 11.5 Å². The van der Waals surface area contributed by atoms with Crippen molar-refractivity contribution < 1.29 is 9.47 Å². The smallest absolute Gasteiger partial charge is 0.206 e. The first-order valence-corrected chi connectivity index (χ1v) is 5.42. The van der Waals surface area contributed by atoms with Gasteiger partial charge in [0.2, 0.25) is 5.96 Å². The van der Waals surface area contributed by atoms with Crippen molar-refractivity contribution in [3.05, 3.63) is 22.2 Å². The van der Waals surface area contributed by atoms with E-state index >= 15 is 0 Å². The maximum Gasteiger partial charge on any atom is 0.206 e. The summed E-state index contributed by atoms with van der Waals surface area (Å²) in [4.78, 5) is 0. The molecule has 1 rings (SSSR count). The molecule has 18 heavy (non-hydrogen) atoms. The van der Waals surface area contributed by atoms with E-state index < -0.39 is 0 Å². The number of nitrogens with two attached hydrogens (primary N) is 1. The van der Waals surface area contributed by atoms with Gasteiger partial charge in [-0.15, -0.1) is 12.4 Å². The number of halogens is 2. The molecule has 0 unspecified atom stereocenters. The second-order valence-corrected chi connectivity index (χ2v) is 3.88. The Balaban J connectivity index is 0.00000289. The molecule has 0 aromatic heterocycles. The van der Waals surface area contributed by atoms with Gasteiger partial charge in [0.05, 0.1) is 24.9 Å². The first kappa shape index (κ1) is 16.5. The van der Waals surface area contributed by atoms with Crippen LogP contribution in [-0.4, -0.2) is 26.4 Å². The molecule has 0 amide bonds. The second-order valence-electron chi connectivity index (χ2n) is 3.02. The quantitative estimate of drug-likeness (QED) is 0.443. The van der Waals surface area contributed by atoms with E-state index in [4.69, 9.17) is 20.6 Å². The average molecular weight is 338 g/mol. The molecule has 0 aliphatic rings. The highest BCUT2D eigenvalue weighted by Crippen LogP contribution is 2.35. The van der Waals surface area contributed by atoms with E-state index in [1.807, 2.05) is 6.07 Å². The maximum absolute atomic E-state index is 6.94. The van der Waals surface area contributed by atoms with Gasteiger partial charge in [-0.1, -0.05) is 0 Å². The number of benzene rings is 1. The molecule has 4 N–H and O–H groups in total. The molecule has 8 heteroatoms. The number of guanidine groups is 1. The number of ether oxygens (including phenoxy) is 2. The highest BCUT2D eigenvalue weighted by atomic mass is 79.9. The number of methoxy groups -OCH3 is 2. The van der Waals surface area contributed by atoms with Gasteiger partial charge >= 0.3 is 0 Å². The zero-order chi connectivity index (χ0) is 12.8. The van der Waals surface area contributed by atoms with Crippen LogP contribution in [-0.2, 0) is 0 Å². The number of rotatable bonds is 4. The molecule has 1 aromatic rings. The number of nitrogens with zero attached hydrogens (tertiary/aromatic N) is 1. The van der Waals surface area contributed by atoms with E-state index in [1.54, 1.807) is 20.3 Å². The molecular formula is C10H14BrClN4O2. The summed E-state index contributed by atoms with van der Waals surface area (Å²) in [5, 5.41) is 10.7. The van der Waals surface area contributed by atoms with Crippen LogP contribution < -0.4 is 20.6 Å². The summed E-state index contributed by atoms with van der Waals surface area (Å²) in [7, 11) is 3.12. The van der Waals surface area contributed by atoms with E-state index in [0.717, 1.165) is 10.0 Å². The Morgan fingerprint density at radius 3 is 2.61 bits per heavy atom. The van der Waals surface area contributed by atoms with Crippen LogP contribution in [0.1, 0.15) is 5.56 Å². The lowest BCUT2D eigenvalue weighted by atomic mass is 10.2. The van der Waals surface area contributed by atoms with Crippen LogP contribution in [0.25, 0.3) is 0 Å². The molecule has 0 fully saturated rings. The largest absolute Gasteiger partial charge is 0.493 e. The number of hydrazone groups is 1. The van der Waals surface area contributed by atoms with Gasteiger partial charge in [0.15, 0.2) is 11.5 Å². The first-order valence-electron chi connectivity index (χ1n) is 4.63. The summed E-state index contributed by atoms with van der Waals surface area (Å²) in [6.07, 6.45) is 1.52. The Kier molecular flexibility index (Phi) is 7.14. The van der Waals surface area contributed by atoms with Crippen molar-refractivity contribution in [3.63, 3.8) is 0 Å². The lowest BCUT2D eigenvalue weighted by molar-refractivity contribution is 0.353. The Morgan fingerprint density at radius 1 is 1.44 bits per heavy atom. The number of hydrogen-bond acceptors (Lipinski definition) is 4. The van der Waals surface area contributed by atoms with E-state index in [1.165, 1.54) is 6.21 Å². The van der Waals surface area contributed by atoms with Crippen LogP contribution >= 0.6 is 28.3 Å². The first-order chi connectivity index (χ1) is 8.08. The molecule has 0 atom stereocenters. The number of nitrogens with one attached hydrogen (secondary N) is 2. The molecule has 6 nitrogen and oxygen atoms in total. The zero-order valence-corrected chi connectivity index (χ0v) is 12.3. The van der Waals surface area contributed by atoms with Gasteiger partial charge in [0.1, 0.15) is 0 Å². The minimum Gasteiger partial charge on any atom is -0.493 e. The van der Waals surface area contributed by atoms with Crippen molar-refractivity contribution in [1.29, 1.82) is 5.41 Å². The molecular weight excluding hydrogens is 323 g/mol. The summed E-state index contributed by atoms with van der Waals surface area (Å²) in [5.41, 5.74) is 8.20. The minimum atomic E-state index is -0.221.